The van der Waals surface area contributed by atoms with E-state index in [0.29, 0.717) is 6.04 Å². The van der Waals surface area contributed by atoms with Crippen LogP contribution in [0.3, 0.4) is 0 Å². The summed E-state index contributed by atoms with van der Waals surface area (Å²) in [4.78, 5) is 2.44. The first-order valence-corrected chi connectivity index (χ1v) is 5.95. The largest absolute Gasteiger partial charge is 0.392 e. The standard InChI is InChI=1S/C12H21NO/c14-12-8-9-13(10-12)11-6-4-2-1-3-5-7-11/h4,6,11-12,14H,1-3,5,7-10H2/b6-4-. The van der Waals surface area contributed by atoms with E-state index in [4.69, 9.17) is 0 Å². The van der Waals surface area contributed by atoms with Crippen molar-refractivity contribution < 1.29 is 5.11 Å². The molecule has 2 nitrogen and oxygen atoms in total. The minimum atomic E-state index is -0.0751. The van der Waals surface area contributed by atoms with Crippen molar-refractivity contribution in [2.24, 2.45) is 0 Å². The van der Waals surface area contributed by atoms with Crippen LogP contribution in [-0.4, -0.2) is 35.2 Å². The molecule has 0 radical (unpaired) electrons. The number of hydrogen-bond donors (Lipinski definition) is 1. The molecule has 0 aromatic heterocycles. The van der Waals surface area contributed by atoms with Gasteiger partial charge in [-0.15, -0.1) is 0 Å². The molecule has 1 N–H and O–H groups in total. The molecule has 80 valence electrons. The van der Waals surface area contributed by atoms with Crippen LogP contribution in [-0.2, 0) is 0 Å². The van der Waals surface area contributed by atoms with Crippen molar-refractivity contribution in [1.29, 1.82) is 0 Å². The number of likely N-dealkylation sites (tertiary alicyclic amines) is 1. The van der Waals surface area contributed by atoms with Crippen LogP contribution in [0.25, 0.3) is 0 Å². The summed E-state index contributed by atoms with van der Waals surface area (Å²) < 4.78 is 0. The van der Waals surface area contributed by atoms with Crippen molar-refractivity contribution in [2.45, 2.75) is 50.7 Å². The normalized spacial score (nSPS) is 37.8. The molecule has 2 rings (SSSR count). The number of allylic oxidation sites excluding steroid dienone is 1. The van der Waals surface area contributed by atoms with E-state index in [1.165, 1.54) is 32.1 Å². The SMILES string of the molecule is OC1CCN(C2/C=C\CCCCC2)C1. The zero-order valence-corrected chi connectivity index (χ0v) is 8.86. The van der Waals surface area contributed by atoms with Crippen LogP contribution in [0.5, 0.6) is 0 Å². The van der Waals surface area contributed by atoms with Gasteiger partial charge >= 0.3 is 0 Å². The lowest BCUT2D eigenvalue weighted by atomic mass is 10.0. The monoisotopic (exact) mass is 195 g/mol. The quantitative estimate of drug-likeness (QED) is 0.646. The average molecular weight is 195 g/mol. The summed E-state index contributed by atoms with van der Waals surface area (Å²) in [6, 6.07) is 0.604. The summed E-state index contributed by atoms with van der Waals surface area (Å²) in [6.45, 7) is 1.96. The van der Waals surface area contributed by atoms with Gasteiger partial charge in [0.25, 0.3) is 0 Å². The van der Waals surface area contributed by atoms with E-state index in [-0.39, 0.29) is 6.10 Å². The smallest absolute Gasteiger partial charge is 0.0679 e. The molecule has 0 saturated carbocycles. The average Bonchev–Trinajstić information content (AvgIpc) is 2.51. The third kappa shape index (κ3) is 2.58. The molecule has 1 aliphatic carbocycles. The minimum Gasteiger partial charge on any atom is -0.392 e. The lowest BCUT2D eigenvalue weighted by Crippen LogP contribution is -2.32. The Morgan fingerprint density at radius 1 is 1.14 bits per heavy atom. The highest BCUT2D eigenvalue weighted by Gasteiger charge is 2.25. The van der Waals surface area contributed by atoms with Gasteiger partial charge in [0, 0.05) is 19.1 Å². The van der Waals surface area contributed by atoms with Crippen LogP contribution in [0.2, 0.25) is 0 Å². The van der Waals surface area contributed by atoms with Gasteiger partial charge in [0.1, 0.15) is 0 Å². The van der Waals surface area contributed by atoms with Gasteiger partial charge in [-0.05, 0) is 25.7 Å². The Kier molecular flexibility index (Phi) is 3.60. The van der Waals surface area contributed by atoms with Gasteiger partial charge in [0.2, 0.25) is 0 Å². The van der Waals surface area contributed by atoms with Crippen molar-refractivity contribution >= 4 is 0 Å². The third-order valence-corrected chi connectivity index (χ3v) is 3.39. The van der Waals surface area contributed by atoms with Crippen LogP contribution in [0.1, 0.15) is 38.5 Å². The van der Waals surface area contributed by atoms with E-state index in [2.05, 4.69) is 17.1 Å². The summed E-state index contributed by atoms with van der Waals surface area (Å²) >= 11 is 0. The van der Waals surface area contributed by atoms with Crippen LogP contribution in [0.15, 0.2) is 12.2 Å². The molecule has 0 amide bonds. The van der Waals surface area contributed by atoms with Gasteiger partial charge in [-0.1, -0.05) is 25.0 Å². The van der Waals surface area contributed by atoms with Gasteiger partial charge in [-0.3, -0.25) is 4.90 Å². The maximum absolute atomic E-state index is 9.49. The molecule has 1 fully saturated rings. The fourth-order valence-electron chi connectivity index (χ4n) is 2.52. The second kappa shape index (κ2) is 4.94. The Balaban J connectivity index is 1.90. The lowest BCUT2D eigenvalue weighted by Gasteiger charge is -2.25. The van der Waals surface area contributed by atoms with Gasteiger partial charge in [-0.2, -0.15) is 0 Å². The van der Waals surface area contributed by atoms with Gasteiger partial charge in [0.15, 0.2) is 0 Å². The maximum atomic E-state index is 9.49. The Morgan fingerprint density at radius 2 is 2.07 bits per heavy atom. The van der Waals surface area contributed by atoms with E-state index < -0.39 is 0 Å². The summed E-state index contributed by atoms with van der Waals surface area (Å²) in [5.41, 5.74) is 0. The number of aliphatic hydroxyl groups is 1. The zero-order valence-electron chi connectivity index (χ0n) is 8.86. The summed E-state index contributed by atoms with van der Waals surface area (Å²) in [5, 5.41) is 9.49. The number of β-amino-alcohol motifs (C(OH)–C–C–N with tert-alkyl or cyclic N) is 1. The molecule has 0 aromatic rings. The minimum absolute atomic E-state index is 0.0751. The number of aliphatic hydroxyl groups excluding tert-OH is 1. The molecule has 0 bridgehead atoms. The van der Waals surface area contributed by atoms with Crippen molar-refractivity contribution in [3.8, 4) is 0 Å². The predicted octanol–water partition coefficient (Wildman–Crippen LogP) is 1.94. The van der Waals surface area contributed by atoms with Crippen molar-refractivity contribution in [2.75, 3.05) is 13.1 Å². The van der Waals surface area contributed by atoms with Gasteiger partial charge in [0.05, 0.1) is 6.10 Å². The predicted molar refractivity (Wildman–Crippen MR) is 58.2 cm³/mol. The third-order valence-electron chi connectivity index (χ3n) is 3.39. The molecule has 0 aromatic carbocycles. The number of rotatable bonds is 1. The Morgan fingerprint density at radius 3 is 2.86 bits per heavy atom. The lowest BCUT2D eigenvalue weighted by molar-refractivity contribution is 0.165. The van der Waals surface area contributed by atoms with Crippen LogP contribution < -0.4 is 0 Å². The molecular formula is C12H21NO. The number of nitrogens with zero attached hydrogens (tertiary/aromatic N) is 1. The fourth-order valence-corrected chi connectivity index (χ4v) is 2.52. The van der Waals surface area contributed by atoms with Gasteiger partial charge < -0.3 is 5.11 Å². The summed E-state index contributed by atoms with van der Waals surface area (Å²) in [5.74, 6) is 0. The molecule has 14 heavy (non-hydrogen) atoms. The van der Waals surface area contributed by atoms with E-state index in [0.717, 1.165) is 19.5 Å². The van der Waals surface area contributed by atoms with E-state index in [1.807, 2.05) is 0 Å². The van der Waals surface area contributed by atoms with E-state index in [9.17, 15) is 5.11 Å². The van der Waals surface area contributed by atoms with Crippen LogP contribution in [0, 0.1) is 0 Å². The molecule has 1 heterocycles. The summed E-state index contributed by atoms with van der Waals surface area (Å²) in [7, 11) is 0. The topological polar surface area (TPSA) is 23.5 Å². The molecule has 2 atom stereocenters. The van der Waals surface area contributed by atoms with Crippen LogP contribution >= 0.6 is 0 Å². The molecule has 1 aliphatic heterocycles. The molecule has 2 unspecified atom stereocenters. The maximum Gasteiger partial charge on any atom is 0.0679 e. The highest BCUT2D eigenvalue weighted by molar-refractivity contribution is 4.97. The highest BCUT2D eigenvalue weighted by atomic mass is 16.3. The zero-order chi connectivity index (χ0) is 9.80. The molecule has 2 heteroatoms. The van der Waals surface area contributed by atoms with Crippen molar-refractivity contribution in [3.05, 3.63) is 12.2 Å². The van der Waals surface area contributed by atoms with Crippen molar-refractivity contribution in [3.63, 3.8) is 0 Å². The Labute approximate surface area is 86.6 Å². The van der Waals surface area contributed by atoms with Crippen molar-refractivity contribution in [1.82, 2.24) is 4.90 Å². The first kappa shape index (κ1) is 10.2. The van der Waals surface area contributed by atoms with E-state index >= 15 is 0 Å². The molecule has 2 aliphatic rings. The molecular weight excluding hydrogens is 174 g/mol. The molecule has 0 spiro atoms. The second-order valence-electron chi connectivity index (χ2n) is 4.57. The fraction of sp³-hybridized carbons (Fsp3) is 0.833. The number of hydrogen-bond acceptors (Lipinski definition) is 2. The first-order valence-electron chi connectivity index (χ1n) is 5.95. The Hall–Kier alpha value is -0.340. The Bertz CT molecular complexity index is 202. The highest BCUT2D eigenvalue weighted by Crippen LogP contribution is 2.20. The van der Waals surface area contributed by atoms with Gasteiger partial charge in [-0.25, -0.2) is 0 Å². The van der Waals surface area contributed by atoms with E-state index in [1.54, 1.807) is 0 Å². The first-order chi connectivity index (χ1) is 6.86. The second-order valence-corrected chi connectivity index (χ2v) is 4.57. The summed E-state index contributed by atoms with van der Waals surface area (Å²) in [6.07, 6.45) is 12.2. The molecule has 1 saturated heterocycles. The van der Waals surface area contributed by atoms with Crippen LogP contribution in [0.4, 0.5) is 0 Å².